The molecule has 0 fully saturated rings. The maximum absolute atomic E-state index is 12.9. The van der Waals surface area contributed by atoms with E-state index in [1.165, 1.54) is 19.1 Å². The molecule has 3 nitrogen and oxygen atoms in total. The van der Waals surface area contributed by atoms with Crippen molar-refractivity contribution in [2.45, 2.75) is 13.8 Å². The molecule has 0 aromatic heterocycles. The van der Waals surface area contributed by atoms with Crippen LogP contribution in [0.25, 0.3) is 0 Å². The number of carbonyl (C=O) groups excluding carboxylic acids is 2. The minimum Gasteiger partial charge on any atom is -0.345 e. The Bertz CT molecular complexity index is 402. The molecule has 0 spiro atoms. The van der Waals surface area contributed by atoms with E-state index in [0.717, 1.165) is 6.07 Å². The Balaban J connectivity index is 2.81. The lowest BCUT2D eigenvalue weighted by Crippen LogP contribution is -2.28. The van der Waals surface area contributed by atoms with Crippen molar-refractivity contribution in [2.75, 3.05) is 6.54 Å². The lowest BCUT2D eigenvalue weighted by molar-refractivity contribution is -0.116. The molecule has 4 heteroatoms. The molecule has 0 aliphatic carbocycles. The molecule has 15 heavy (non-hydrogen) atoms. The quantitative estimate of drug-likeness (QED) is 0.819. The molecule has 1 aromatic rings. The second-order valence-electron chi connectivity index (χ2n) is 3.34. The molecule has 1 N–H and O–H groups in total. The minimum atomic E-state index is -0.464. The van der Waals surface area contributed by atoms with Gasteiger partial charge >= 0.3 is 0 Å². The van der Waals surface area contributed by atoms with E-state index in [0.29, 0.717) is 5.56 Å². The largest absolute Gasteiger partial charge is 0.345 e. The molecule has 80 valence electrons. The summed E-state index contributed by atoms with van der Waals surface area (Å²) in [7, 11) is 0. The van der Waals surface area contributed by atoms with Crippen LogP contribution in [0, 0.1) is 12.7 Å². The van der Waals surface area contributed by atoms with Gasteiger partial charge in [0.15, 0.2) is 0 Å². The number of hydrogen-bond acceptors (Lipinski definition) is 2. The summed E-state index contributed by atoms with van der Waals surface area (Å²) in [4.78, 5) is 22.1. The lowest BCUT2D eigenvalue weighted by atomic mass is 10.1. The van der Waals surface area contributed by atoms with E-state index in [1.807, 2.05) is 0 Å². The first-order valence-corrected chi connectivity index (χ1v) is 4.54. The van der Waals surface area contributed by atoms with Gasteiger partial charge in [-0.05, 0) is 31.5 Å². The van der Waals surface area contributed by atoms with E-state index in [4.69, 9.17) is 0 Å². The number of ketones is 1. The Morgan fingerprint density at radius 3 is 2.67 bits per heavy atom. The second-order valence-corrected chi connectivity index (χ2v) is 3.34. The highest BCUT2D eigenvalue weighted by Crippen LogP contribution is 2.09. The fourth-order valence-electron chi connectivity index (χ4n) is 1.14. The van der Waals surface area contributed by atoms with Crippen molar-refractivity contribution in [3.05, 3.63) is 35.1 Å². The number of Topliss-reactive ketones (excluding diaryl/α,β-unsaturated/α-hetero) is 1. The van der Waals surface area contributed by atoms with Gasteiger partial charge in [0.1, 0.15) is 11.6 Å². The topological polar surface area (TPSA) is 46.2 Å². The van der Waals surface area contributed by atoms with Crippen LogP contribution >= 0.6 is 0 Å². The summed E-state index contributed by atoms with van der Waals surface area (Å²) in [6.45, 7) is 3.05. The molecular formula is C11H12FNO2. The predicted molar refractivity (Wildman–Crippen MR) is 54.2 cm³/mol. The van der Waals surface area contributed by atoms with Crippen molar-refractivity contribution < 1.29 is 14.0 Å². The second kappa shape index (κ2) is 4.68. The molecule has 0 aliphatic heterocycles. The summed E-state index contributed by atoms with van der Waals surface area (Å²) < 4.78 is 12.9. The van der Waals surface area contributed by atoms with E-state index in [9.17, 15) is 14.0 Å². The van der Waals surface area contributed by atoms with Crippen LogP contribution in [0.4, 0.5) is 4.39 Å². The summed E-state index contributed by atoms with van der Waals surface area (Å²) in [6.07, 6.45) is 0. The maximum Gasteiger partial charge on any atom is 0.252 e. The highest BCUT2D eigenvalue weighted by molar-refractivity contribution is 5.97. The van der Waals surface area contributed by atoms with Gasteiger partial charge < -0.3 is 5.32 Å². The molecule has 0 saturated heterocycles. The van der Waals surface area contributed by atoms with Gasteiger partial charge in [-0.15, -0.1) is 0 Å². The van der Waals surface area contributed by atoms with Crippen LogP contribution in [-0.4, -0.2) is 18.2 Å². The van der Waals surface area contributed by atoms with Gasteiger partial charge in [-0.3, -0.25) is 9.59 Å². The van der Waals surface area contributed by atoms with Gasteiger partial charge in [0.25, 0.3) is 5.91 Å². The molecule has 1 rings (SSSR count). The Hall–Kier alpha value is -1.71. The Kier molecular flexibility index (Phi) is 3.55. The average molecular weight is 209 g/mol. The van der Waals surface area contributed by atoms with E-state index < -0.39 is 11.7 Å². The van der Waals surface area contributed by atoms with Gasteiger partial charge in [-0.1, -0.05) is 6.07 Å². The van der Waals surface area contributed by atoms with Crippen molar-refractivity contribution >= 4 is 11.7 Å². The zero-order chi connectivity index (χ0) is 11.4. The van der Waals surface area contributed by atoms with Crippen molar-refractivity contribution in [2.24, 2.45) is 0 Å². The lowest BCUT2D eigenvalue weighted by Gasteiger charge is -2.05. The van der Waals surface area contributed by atoms with Crippen LogP contribution in [0.1, 0.15) is 22.8 Å². The zero-order valence-electron chi connectivity index (χ0n) is 8.63. The molecular weight excluding hydrogens is 197 g/mol. The van der Waals surface area contributed by atoms with Gasteiger partial charge in [0.2, 0.25) is 0 Å². The van der Waals surface area contributed by atoms with E-state index in [-0.39, 0.29) is 17.9 Å². The third-order valence-corrected chi connectivity index (χ3v) is 1.94. The van der Waals surface area contributed by atoms with Crippen molar-refractivity contribution in [1.29, 1.82) is 0 Å². The van der Waals surface area contributed by atoms with Crippen LogP contribution in [0.3, 0.4) is 0 Å². The third kappa shape index (κ3) is 3.16. The number of hydrogen-bond donors (Lipinski definition) is 1. The Morgan fingerprint density at radius 2 is 2.07 bits per heavy atom. The van der Waals surface area contributed by atoms with Crippen LogP contribution < -0.4 is 5.32 Å². The molecule has 1 amide bonds. The van der Waals surface area contributed by atoms with Crippen molar-refractivity contribution in [1.82, 2.24) is 5.32 Å². The number of carbonyl (C=O) groups is 2. The predicted octanol–water partition coefficient (Wildman–Crippen LogP) is 1.45. The van der Waals surface area contributed by atoms with Crippen molar-refractivity contribution in [3.8, 4) is 0 Å². The van der Waals surface area contributed by atoms with Crippen LogP contribution in [0.2, 0.25) is 0 Å². The van der Waals surface area contributed by atoms with E-state index >= 15 is 0 Å². The van der Waals surface area contributed by atoms with Crippen LogP contribution in [-0.2, 0) is 4.79 Å². The summed E-state index contributed by atoms with van der Waals surface area (Å²) in [5.74, 6) is -1.03. The summed E-state index contributed by atoms with van der Waals surface area (Å²) in [6, 6.07) is 3.97. The third-order valence-electron chi connectivity index (χ3n) is 1.94. The first-order chi connectivity index (χ1) is 7.00. The maximum atomic E-state index is 12.9. The number of benzene rings is 1. The normalized spacial score (nSPS) is 9.80. The van der Waals surface area contributed by atoms with Gasteiger partial charge in [-0.25, -0.2) is 4.39 Å². The SMILES string of the molecule is CC(=O)CNC(=O)c1cc(F)ccc1C. The molecule has 1 aromatic carbocycles. The highest BCUT2D eigenvalue weighted by Gasteiger charge is 2.09. The summed E-state index contributed by atoms with van der Waals surface area (Å²) in [5, 5.41) is 2.41. The molecule has 0 radical (unpaired) electrons. The number of nitrogens with one attached hydrogen (secondary N) is 1. The number of rotatable bonds is 3. The van der Waals surface area contributed by atoms with Gasteiger partial charge in [-0.2, -0.15) is 0 Å². The zero-order valence-corrected chi connectivity index (χ0v) is 8.63. The minimum absolute atomic E-state index is 0.0329. The molecule has 0 unspecified atom stereocenters. The van der Waals surface area contributed by atoms with Gasteiger partial charge in [0.05, 0.1) is 6.54 Å². The average Bonchev–Trinajstić information content (AvgIpc) is 2.18. The smallest absolute Gasteiger partial charge is 0.252 e. The first-order valence-electron chi connectivity index (χ1n) is 4.54. The number of halogens is 1. The monoisotopic (exact) mass is 209 g/mol. The fraction of sp³-hybridized carbons (Fsp3) is 0.273. The molecule has 0 aliphatic rings. The van der Waals surface area contributed by atoms with E-state index in [1.54, 1.807) is 6.92 Å². The van der Waals surface area contributed by atoms with Crippen LogP contribution in [0.15, 0.2) is 18.2 Å². The summed E-state index contributed by atoms with van der Waals surface area (Å²) >= 11 is 0. The summed E-state index contributed by atoms with van der Waals surface area (Å²) in [5.41, 5.74) is 0.939. The highest BCUT2D eigenvalue weighted by atomic mass is 19.1. The van der Waals surface area contributed by atoms with E-state index in [2.05, 4.69) is 5.32 Å². The Labute approximate surface area is 87.3 Å². The number of amides is 1. The molecule has 0 heterocycles. The molecule has 0 bridgehead atoms. The number of aryl methyl sites for hydroxylation is 1. The molecule has 0 saturated carbocycles. The fourth-order valence-corrected chi connectivity index (χ4v) is 1.14. The van der Waals surface area contributed by atoms with Gasteiger partial charge in [0, 0.05) is 5.56 Å². The first kappa shape index (κ1) is 11.4. The standard InChI is InChI=1S/C11H12FNO2/c1-7-3-4-9(12)5-10(7)11(15)13-6-8(2)14/h3-5H,6H2,1-2H3,(H,13,15). The van der Waals surface area contributed by atoms with Crippen LogP contribution in [0.5, 0.6) is 0 Å². The van der Waals surface area contributed by atoms with Crippen molar-refractivity contribution in [3.63, 3.8) is 0 Å². The molecule has 0 atom stereocenters. The Morgan fingerprint density at radius 1 is 1.40 bits per heavy atom.